The van der Waals surface area contributed by atoms with E-state index in [1.165, 1.54) is 32.0 Å². The van der Waals surface area contributed by atoms with E-state index in [4.69, 9.17) is 5.73 Å². The third-order valence-corrected chi connectivity index (χ3v) is 4.15. The van der Waals surface area contributed by atoms with Gasteiger partial charge in [0.25, 0.3) is 5.69 Å². The maximum atomic E-state index is 10.8. The number of anilines is 1. The fourth-order valence-corrected chi connectivity index (χ4v) is 2.93. The number of nitro groups is 1. The Labute approximate surface area is 125 Å². The highest BCUT2D eigenvalue weighted by Crippen LogP contribution is 2.23. The standard InChI is InChI=1S/C15H24N4O2/c1-17-7-5-12(6-8-17)10-18(2)11-13-3-4-15(19(20)21)14(16)9-13/h3-4,9,12H,5-8,10-11,16H2,1-2H3. The average Bonchev–Trinajstić information content (AvgIpc) is 2.41. The molecule has 0 amide bonds. The molecule has 116 valence electrons. The fourth-order valence-electron chi connectivity index (χ4n) is 2.93. The second-order valence-corrected chi connectivity index (χ2v) is 6.09. The van der Waals surface area contributed by atoms with Gasteiger partial charge in [0.2, 0.25) is 0 Å². The predicted molar refractivity (Wildman–Crippen MR) is 84.1 cm³/mol. The van der Waals surface area contributed by atoms with Crippen molar-refractivity contribution in [1.29, 1.82) is 0 Å². The Morgan fingerprint density at radius 1 is 1.43 bits per heavy atom. The Morgan fingerprint density at radius 3 is 2.67 bits per heavy atom. The largest absolute Gasteiger partial charge is 0.393 e. The summed E-state index contributed by atoms with van der Waals surface area (Å²) in [4.78, 5) is 15.0. The van der Waals surface area contributed by atoms with Crippen molar-refractivity contribution < 1.29 is 4.92 Å². The lowest BCUT2D eigenvalue weighted by atomic mass is 9.96. The Balaban J connectivity index is 1.89. The first-order valence-corrected chi connectivity index (χ1v) is 7.35. The van der Waals surface area contributed by atoms with Crippen LogP contribution in [0.2, 0.25) is 0 Å². The van der Waals surface area contributed by atoms with Crippen LogP contribution in [0.15, 0.2) is 18.2 Å². The topological polar surface area (TPSA) is 75.6 Å². The molecular formula is C15H24N4O2. The molecule has 1 aromatic carbocycles. The van der Waals surface area contributed by atoms with Gasteiger partial charge in [-0.05, 0) is 57.6 Å². The number of nitro benzene ring substituents is 1. The second kappa shape index (κ2) is 6.87. The summed E-state index contributed by atoms with van der Waals surface area (Å²) in [5, 5.41) is 10.8. The van der Waals surface area contributed by atoms with Gasteiger partial charge < -0.3 is 15.5 Å². The summed E-state index contributed by atoms with van der Waals surface area (Å²) in [7, 11) is 4.26. The van der Waals surface area contributed by atoms with Crippen LogP contribution in [0.4, 0.5) is 11.4 Å². The lowest BCUT2D eigenvalue weighted by Gasteiger charge is -2.31. The molecule has 6 heteroatoms. The van der Waals surface area contributed by atoms with Gasteiger partial charge in [0, 0.05) is 19.2 Å². The van der Waals surface area contributed by atoms with E-state index >= 15 is 0 Å². The average molecular weight is 292 g/mol. The summed E-state index contributed by atoms with van der Waals surface area (Å²) >= 11 is 0. The zero-order valence-corrected chi connectivity index (χ0v) is 12.8. The van der Waals surface area contributed by atoms with Gasteiger partial charge in [0.1, 0.15) is 5.69 Å². The molecule has 1 saturated heterocycles. The zero-order valence-electron chi connectivity index (χ0n) is 12.8. The third-order valence-electron chi connectivity index (χ3n) is 4.15. The molecule has 0 unspecified atom stereocenters. The highest BCUT2D eigenvalue weighted by Gasteiger charge is 2.18. The van der Waals surface area contributed by atoms with E-state index in [0.717, 1.165) is 24.6 Å². The minimum atomic E-state index is -0.443. The molecule has 2 rings (SSSR count). The van der Waals surface area contributed by atoms with Gasteiger partial charge in [0.15, 0.2) is 0 Å². The number of rotatable bonds is 5. The number of likely N-dealkylation sites (tertiary alicyclic amines) is 1. The van der Waals surface area contributed by atoms with E-state index in [0.29, 0.717) is 0 Å². The molecule has 0 bridgehead atoms. The highest BCUT2D eigenvalue weighted by molar-refractivity contribution is 5.59. The SMILES string of the molecule is CN1CCC(CN(C)Cc2ccc([N+](=O)[O-])c(N)c2)CC1. The van der Waals surface area contributed by atoms with Crippen molar-refractivity contribution in [2.45, 2.75) is 19.4 Å². The smallest absolute Gasteiger partial charge is 0.292 e. The number of nitrogens with zero attached hydrogens (tertiary/aromatic N) is 3. The molecule has 1 aromatic rings. The second-order valence-electron chi connectivity index (χ2n) is 6.09. The summed E-state index contributed by atoms with van der Waals surface area (Å²) in [5.41, 5.74) is 6.98. The molecule has 1 aliphatic rings. The van der Waals surface area contributed by atoms with Crippen molar-refractivity contribution in [3.63, 3.8) is 0 Å². The van der Waals surface area contributed by atoms with Crippen LogP contribution in [-0.2, 0) is 6.54 Å². The highest BCUT2D eigenvalue weighted by atomic mass is 16.6. The summed E-state index contributed by atoms with van der Waals surface area (Å²) in [6.07, 6.45) is 2.48. The van der Waals surface area contributed by atoms with E-state index in [1.54, 1.807) is 12.1 Å². The van der Waals surface area contributed by atoms with Gasteiger partial charge in [-0.2, -0.15) is 0 Å². The normalized spacial score (nSPS) is 17.3. The van der Waals surface area contributed by atoms with Crippen molar-refractivity contribution >= 4 is 11.4 Å². The van der Waals surface area contributed by atoms with Crippen LogP contribution in [0.3, 0.4) is 0 Å². The van der Waals surface area contributed by atoms with E-state index in [2.05, 4.69) is 23.9 Å². The van der Waals surface area contributed by atoms with Crippen LogP contribution in [0.1, 0.15) is 18.4 Å². The lowest BCUT2D eigenvalue weighted by molar-refractivity contribution is -0.383. The van der Waals surface area contributed by atoms with Crippen molar-refractivity contribution in [3.05, 3.63) is 33.9 Å². The Kier molecular flexibility index (Phi) is 5.14. The van der Waals surface area contributed by atoms with Crippen LogP contribution in [0, 0.1) is 16.0 Å². The minimum absolute atomic E-state index is 0.0169. The van der Waals surface area contributed by atoms with Crippen LogP contribution >= 0.6 is 0 Å². The Bertz CT molecular complexity index is 498. The molecule has 0 saturated carbocycles. The van der Waals surface area contributed by atoms with Crippen LogP contribution in [0.25, 0.3) is 0 Å². The minimum Gasteiger partial charge on any atom is -0.393 e. The van der Waals surface area contributed by atoms with Crippen molar-refractivity contribution in [1.82, 2.24) is 9.80 Å². The summed E-state index contributed by atoms with van der Waals surface area (Å²) in [6, 6.07) is 5.00. The Hall–Kier alpha value is -1.66. The number of nitrogen functional groups attached to an aromatic ring is 1. The molecule has 1 heterocycles. The summed E-state index contributed by atoms with van der Waals surface area (Å²) in [5.74, 6) is 0.738. The maximum absolute atomic E-state index is 10.8. The van der Waals surface area contributed by atoms with E-state index in [9.17, 15) is 10.1 Å². The molecule has 6 nitrogen and oxygen atoms in total. The first kappa shape index (κ1) is 15.7. The van der Waals surface area contributed by atoms with Crippen molar-refractivity contribution in [2.75, 3.05) is 39.5 Å². The van der Waals surface area contributed by atoms with Crippen LogP contribution < -0.4 is 5.73 Å². The fraction of sp³-hybridized carbons (Fsp3) is 0.600. The molecule has 0 radical (unpaired) electrons. The first-order chi connectivity index (χ1) is 9.95. The Morgan fingerprint density at radius 2 is 2.10 bits per heavy atom. The third kappa shape index (κ3) is 4.41. The molecule has 0 aromatic heterocycles. The van der Waals surface area contributed by atoms with Gasteiger partial charge in [-0.3, -0.25) is 10.1 Å². The monoisotopic (exact) mass is 292 g/mol. The van der Waals surface area contributed by atoms with Gasteiger partial charge in [-0.25, -0.2) is 0 Å². The number of nitrogens with two attached hydrogens (primary N) is 1. The van der Waals surface area contributed by atoms with Gasteiger partial charge in [-0.15, -0.1) is 0 Å². The van der Waals surface area contributed by atoms with Crippen molar-refractivity contribution in [3.8, 4) is 0 Å². The first-order valence-electron chi connectivity index (χ1n) is 7.35. The number of piperidine rings is 1. The van der Waals surface area contributed by atoms with Gasteiger partial charge in [-0.1, -0.05) is 6.07 Å². The number of hydrogen-bond acceptors (Lipinski definition) is 5. The van der Waals surface area contributed by atoms with E-state index in [1.807, 2.05) is 0 Å². The molecule has 1 aliphatic heterocycles. The quantitative estimate of drug-likeness (QED) is 0.510. The lowest BCUT2D eigenvalue weighted by Crippen LogP contribution is -2.35. The van der Waals surface area contributed by atoms with E-state index in [-0.39, 0.29) is 11.4 Å². The number of hydrogen-bond donors (Lipinski definition) is 1. The molecule has 2 N–H and O–H groups in total. The van der Waals surface area contributed by atoms with Gasteiger partial charge in [0.05, 0.1) is 4.92 Å². The molecular weight excluding hydrogens is 268 g/mol. The molecule has 0 atom stereocenters. The molecule has 0 spiro atoms. The molecule has 21 heavy (non-hydrogen) atoms. The van der Waals surface area contributed by atoms with Gasteiger partial charge >= 0.3 is 0 Å². The zero-order chi connectivity index (χ0) is 15.4. The van der Waals surface area contributed by atoms with Crippen molar-refractivity contribution in [2.24, 2.45) is 5.92 Å². The van der Waals surface area contributed by atoms with Crippen LogP contribution in [-0.4, -0.2) is 48.5 Å². The number of benzene rings is 1. The van der Waals surface area contributed by atoms with E-state index < -0.39 is 4.92 Å². The molecule has 1 fully saturated rings. The maximum Gasteiger partial charge on any atom is 0.292 e. The summed E-state index contributed by atoms with van der Waals surface area (Å²) in [6.45, 7) is 4.17. The summed E-state index contributed by atoms with van der Waals surface area (Å²) < 4.78 is 0. The molecule has 0 aliphatic carbocycles. The predicted octanol–water partition coefficient (Wildman–Crippen LogP) is 1.95. The van der Waals surface area contributed by atoms with Crippen LogP contribution in [0.5, 0.6) is 0 Å².